The molecule has 0 bridgehead atoms. The number of aromatic nitrogens is 5. The maximum Gasteiger partial charge on any atom is 0.257 e. The van der Waals surface area contributed by atoms with Gasteiger partial charge in [0.25, 0.3) is 5.91 Å². The molecule has 4 rings (SSSR count). The topological polar surface area (TPSA) is 68.8 Å². The average Bonchev–Trinajstić information content (AvgIpc) is 3.37. The number of para-hydroxylation sites is 1. The summed E-state index contributed by atoms with van der Waals surface area (Å²) in [6, 6.07) is 9.98. The van der Waals surface area contributed by atoms with Crippen LogP contribution < -0.4 is 0 Å². The minimum absolute atomic E-state index is 0.0364. The molecule has 1 amide bonds. The molecule has 7 nitrogen and oxygen atoms in total. The van der Waals surface area contributed by atoms with Gasteiger partial charge >= 0.3 is 0 Å². The first-order valence-electron chi connectivity index (χ1n) is 8.49. The number of likely N-dealkylation sites (tertiary alicyclic amines) is 1. The predicted molar refractivity (Wildman–Crippen MR) is 92.4 cm³/mol. The molecule has 0 aliphatic carbocycles. The lowest BCUT2D eigenvalue weighted by Crippen LogP contribution is -2.38. The maximum atomic E-state index is 13.1. The van der Waals surface area contributed by atoms with E-state index in [0.717, 1.165) is 30.8 Å². The third-order valence-electron chi connectivity index (χ3n) is 4.72. The SMILES string of the molecule is Cc1c(C(=O)N2CCCC2Cn2nccn2)cnn1-c1ccccc1. The molecular formula is C18H20N6O. The first kappa shape index (κ1) is 15.6. The normalized spacial score (nSPS) is 17.2. The zero-order chi connectivity index (χ0) is 17.2. The molecule has 1 aromatic carbocycles. The van der Waals surface area contributed by atoms with Gasteiger partial charge in [-0.25, -0.2) is 4.68 Å². The number of carbonyl (C=O) groups excluding carboxylic acids is 1. The lowest BCUT2D eigenvalue weighted by Gasteiger charge is -2.24. The number of benzene rings is 1. The van der Waals surface area contributed by atoms with E-state index in [1.54, 1.807) is 23.4 Å². The highest BCUT2D eigenvalue weighted by atomic mass is 16.2. The Bertz CT molecular complexity index is 855. The van der Waals surface area contributed by atoms with Gasteiger partial charge in [0.05, 0.1) is 48.1 Å². The van der Waals surface area contributed by atoms with Gasteiger partial charge in [-0.3, -0.25) is 4.79 Å². The molecule has 1 atom stereocenters. The van der Waals surface area contributed by atoms with E-state index in [4.69, 9.17) is 0 Å². The fourth-order valence-electron chi connectivity index (χ4n) is 3.42. The Kier molecular flexibility index (Phi) is 4.05. The molecule has 25 heavy (non-hydrogen) atoms. The van der Waals surface area contributed by atoms with E-state index in [0.29, 0.717) is 12.1 Å². The summed E-state index contributed by atoms with van der Waals surface area (Å²) in [5, 5.41) is 12.7. The van der Waals surface area contributed by atoms with Gasteiger partial charge in [-0.05, 0) is 31.9 Å². The van der Waals surface area contributed by atoms with Gasteiger partial charge in [-0.1, -0.05) is 18.2 Å². The van der Waals surface area contributed by atoms with Crippen molar-refractivity contribution >= 4 is 5.91 Å². The Balaban J connectivity index is 1.57. The molecule has 3 aromatic rings. The van der Waals surface area contributed by atoms with Crippen LogP contribution in [0.25, 0.3) is 5.69 Å². The van der Waals surface area contributed by atoms with Gasteiger partial charge in [0.1, 0.15) is 0 Å². The summed E-state index contributed by atoms with van der Waals surface area (Å²) in [5.74, 6) is 0.0364. The van der Waals surface area contributed by atoms with Crippen molar-refractivity contribution in [3.05, 3.63) is 60.2 Å². The quantitative estimate of drug-likeness (QED) is 0.731. The van der Waals surface area contributed by atoms with Crippen molar-refractivity contribution in [2.45, 2.75) is 32.4 Å². The summed E-state index contributed by atoms with van der Waals surface area (Å²) >= 11 is 0. The second kappa shape index (κ2) is 6.51. The molecule has 7 heteroatoms. The Morgan fingerprint density at radius 2 is 1.92 bits per heavy atom. The minimum atomic E-state index is 0.0364. The fourth-order valence-corrected chi connectivity index (χ4v) is 3.42. The molecule has 2 aromatic heterocycles. The Morgan fingerprint density at radius 3 is 2.68 bits per heavy atom. The first-order valence-corrected chi connectivity index (χ1v) is 8.49. The van der Waals surface area contributed by atoms with E-state index in [1.807, 2.05) is 46.8 Å². The van der Waals surface area contributed by atoms with Crippen LogP contribution in [0.5, 0.6) is 0 Å². The van der Waals surface area contributed by atoms with Crippen LogP contribution in [0.4, 0.5) is 0 Å². The summed E-state index contributed by atoms with van der Waals surface area (Å²) in [6.45, 7) is 3.33. The molecule has 1 fully saturated rings. The van der Waals surface area contributed by atoms with Crippen molar-refractivity contribution in [3.63, 3.8) is 0 Å². The molecule has 0 radical (unpaired) electrons. The van der Waals surface area contributed by atoms with Crippen molar-refractivity contribution in [1.82, 2.24) is 29.7 Å². The molecule has 0 saturated carbocycles. The minimum Gasteiger partial charge on any atom is -0.334 e. The summed E-state index contributed by atoms with van der Waals surface area (Å²) < 4.78 is 1.81. The van der Waals surface area contributed by atoms with E-state index in [-0.39, 0.29) is 11.9 Å². The number of hydrogen-bond acceptors (Lipinski definition) is 4. The molecule has 0 spiro atoms. The summed E-state index contributed by atoms with van der Waals surface area (Å²) in [5.41, 5.74) is 2.47. The monoisotopic (exact) mass is 336 g/mol. The van der Waals surface area contributed by atoms with Crippen LogP contribution in [0.3, 0.4) is 0 Å². The number of rotatable bonds is 4. The van der Waals surface area contributed by atoms with Crippen molar-refractivity contribution < 1.29 is 4.79 Å². The summed E-state index contributed by atoms with van der Waals surface area (Å²) in [4.78, 5) is 16.7. The highest BCUT2D eigenvalue weighted by molar-refractivity contribution is 5.95. The third-order valence-corrected chi connectivity index (χ3v) is 4.72. The van der Waals surface area contributed by atoms with Crippen molar-refractivity contribution in [2.24, 2.45) is 0 Å². The molecule has 1 saturated heterocycles. The van der Waals surface area contributed by atoms with Crippen LogP contribution >= 0.6 is 0 Å². The van der Waals surface area contributed by atoms with Gasteiger partial charge in [-0.2, -0.15) is 20.1 Å². The molecular weight excluding hydrogens is 316 g/mol. The van der Waals surface area contributed by atoms with Crippen molar-refractivity contribution in [3.8, 4) is 5.69 Å². The van der Waals surface area contributed by atoms with Gasteiger partial charge in [0, 0.05) is 6.54 Å². The zero-order valence-corrected chi connectivity index (χ0v) is 14.1. The van der Waals surface area contributed by atoms with E-state index >= 15 is 0 Å². The van der Waals surface area contributed by atoms with Crippen LogP contribution in [0.15, 0.2) is 48.9 Å². The second-order valence-electron chi connectivity index (χ2n) is 6.27. The molecule has 1 aliphatic rings. The standard InChI is InChI=1S/C18H20N6O/c1-14-17(12-21-24(14)15-6-3-2-4-7-15)18(25)22-11-5-8-16(22)13-23-19-9-10-20-23/h2-4,6-7,9-10,12,16H,5,8,11,13H2,1H3. The third kappa shape index (κ3) is 2.93. The van der Waals surface area contributed by atoms with Crippen molar-refractivity contribution in [1.29, 1.82) is 0 Å². The van der Waals surface area contributed by atoms with E-state index in [1.165, 1.54) is 0 Å². The lowest BCUT2D eigenvalue weighted by atomic mass is 10.2. The van der Waals surface area contributed by atoms with Gasteiger partial charge in [0.15, 0.2) is 0 Å². The molecule has 128 valence electrons. The molecule has 1 unspecified atom stereocenters. The van der Waals surface area contributed by atoms with Crippen LogP contribution in [0, 0.1) is 6.92 Å². The number of nitrogens with zero attached hydrogens (tertiary/aromatic N) is 6. The van der Waals surface area contributed by atoms with E-state index in [9.17, 15) is 4.79 Å². The van der Waals surface area contributed by atoms with Crippen molar-refractivity contribution in [2.75, 3.05) is 6.54 Å². The van der Waals surface area contributed by atoms with E-state index in [2.05, 4.69) is 15.3 Å². The summed E-state index contributed by atoms with van der Waals surface area (Å²) in [6.07, 6.45) is 6.97. The van der Waals surface area contributed by atoms with Crippen LogP contribution in [0.2, 0.25) is 0 Å². The van der Waals surface area contributed by atoms with Crippen LogP contribution in [-0.4, -0.2) is 48.2 Å². The molecule has 1 aliphatic heterocycles. The first-order chi connectivity index (χ1) is 12.2. The Morgan fingerprint density at radius 1 is 1.16 bits per heavy atom. The van der Waals surface area contributed by atoms with Crippen LogP contribution in [-0.2, 0) is 6.54 Å². The maximum absolute atomic E-state index is 13.1. The zero-order valence-electron chi connectivity index (χ0n) is 14.1. The highest BCUT2D eigenvalue weighted by Gasteiger charge is 2.31. The molecule has 3 heterocycles. The van der Waals surface area contributed by atoms with Gasteiger partial charge in [0.2, 0.25) is 0 Å². The smallest absolute Gasteiger partial charge is 0.257 e. The van der Waals surface area contributed by atoms with Crippen LogP contribution in [0.1, 0.15) is 28.9 Å². The largest absolute Gasteiger partial charge is 0.334 e. The van der Waals surface area contributed by atoms with Gasteiger partial charge < -0.3 is 4.90 Å². The number of amides is 1. The number of hydrogen-bond donors (Lipinski definition) is 0. The summed E-state index contributed by atoms with van der Waals surface area (Å²) in [7, 11) is 0. The second-order valence-corrected chi connectivity index (χ2v) is 6.27. The fraction of sp³-hybridized carbons (Fsp3) is 0.333. The Labute approximate surface area is 145 Å². The number of carbonyl (C=O) groups is 1. The lowest BCUT2D eigenvalue weighted by molar-refractivity contribution is 0.0717. The van der Waals surface area contributed by atoms with Gasteiger partial charge in [-0.15, -0.1) is 0 Å². The Hall–Kier alpha value is -2.96. The molecule has 0 N–H and O–H groups in total. The average molecular weight is 336 g/mol. The van der Waals surface area contributed by atoms with E-state index < -0.39 is 0 Å². The predicted octanol–water partition coefficient (Wildman–Crippen LogP) is 2.08. The highest BCUT2D eigenvalue weighted by Crippen LogP contribution is 2.23.